The van der Waals surface area contributed by atoms with Gasteiger partial charge in [-0.15, -0.1) is 0 Å². The predicted molar refractivity (Wildman–Crippen MR) is 315 cm³/mol. The van der Waals surface area contributed by atoms with Crippen LogP contribution in [0.15, 0.2) is 109 Å². The monoisotopic (exact) mass is 1090 g/mol. The number of hydrogen-bond acceptors (Lipinski definition) is 10. The lowest BCUT2D eigenvalue weighted by atomic mass is 9.83. The van der Waals surface area contributed by atoms with Gasteiger partial charge in [-0.25, -0.2) is 0 Å². The quantitative estimate of drug-likeness (QED) is 0.0541. The number of hydrogen-bond donors (Lipinski definition) is 6. The number of piperazine rings is 2. The van der Waals surface area contributed by atoms with Crippen LogP contribution in [0.25, 0.3) is 11.1 Å². The van der Waals surface area contributed by atoms with E-state index in [0.717, 1.165) is 86.5 Å². The van der Waals surface area contributed by atoms with Gasteiger partial charge in [0.1, 0.15) is 12.1 Å². The van der Waals surface area contributed by atoms with Crippen LogP contribution in [0.2, 0.25) is 0 Å². The third kappa shape index (κ3) is 15.9. The standard InChI is InChI=1S/C64H88N10O6/c1-45(65-3)59(75)69-57(51-21-13-7-14-22-51)63(79)73-39-35-67-41-55(73)43-71(37-33-47-17-9-5-10-18-47)61(77)53-29-25-49(26-30-53)50-27-31-54(32-28-50)62(78)72(38-34-48-19-11-6-12-20-48)44-56-42-68-36-40-74(56)64(80)58(52-23-15-8-16-24-52)70-60(76)46(2)66-4/h5-6,9-12,17-20,25-32,45-46,51-52,55-58,65-68H,7-8,13-16,21-24,33-44H2,1-4H3,(H,69,75)(H,70,76)/t45-,46-,55-,56-,57-,58-/m0/s1. The van der Waals surface area contributed by atoms with E-state index in [1.165, 1.54) is 0 Å². The predicted octanol–water partition coefficient (Wildman–Crippen LogP) is 5.67. The molecule has 2 aliphatic heterocycles. The molecule has 2 heterocycles. The molecule has 0 spiro atoms. The summed E-state index contributed by atoms with van der Waals surface area (Å²) in [4.78, 5) is 93.2. The van der Waals surface area contributed by atoms with Crippen LogP contribution in [-0.4, -0.2) is 171 Å². The molecule has 430 valence electrons. The molecule has 4 aliphatic rings. The number of likely N-dealkylation sites (N-methyl/N-ethyl adjacent to an activating group) is 2. The second kappa shape index (κ2) is 29.8. The van der Waals surface area contributed by atoms with E-state index in [1.807, 2.05) is 105 Å². The van der Waals surface area contributed by atoms with Crippen LogP contribution in [0.5, 0.6) is 0 Å². The van der Waals surface area contributed by atoms with Crippen molar-refractivity contribution in [2.75, 3.05) is 79.5 Å². The maximum absolute atomic E-state index is 14.8. The van der Waals surface area contributed by atoms with Gasteiger partial charge in [-0.1, -0.05) is 123 Å². The molecule has 16 heteroatoms. The first-order valence-electron chi connectivity index (χ1n) is 29.8. The molecule has 0 radical (unpaired) electrons. The molecule has 2 saturated carbocycles. The molecule has 0 aromatic heterocycles. The summed E-state index contributed by atoms with van der Waals surface area (Å²) in [5, 5.41) is 19.3. The van der Waals surface area contributed by atoms with Gasteiger partial charge in [-0.05, 0) is 125 Å². The summed E-state index contributed by atoms with van der Waals surface area (Å²) in [6.45, 7) is 8.41. The van der Waals surface area contributed by atoms with Gasteiger partial charge in [0.25, 0.3) is 11.8 Å². The van der Waals surface area contributed by atoms with Gasteiger partial charge < -0.3 is 51.5 Å². The van der Waals surface area contributed by atoms with E-state index < -0.39 is 24.2 Å². The Morgan fingerprint density at radius 1 is 0.512 bits per heavy atom. The fourth-order valence-corrected chi connectivity index (χ4v) is 12.2. The van der Waals surface area contributed by atoms with Crippen molar-refractivity contribution >= 4 is 35.4 Å². The van der Waals surface area contributed by atoms with Crippen molar-refractivity contribution in [3.63, 3.8) is 0 Å². The Hall–Kier alpha value is -6.46. The first kappa shape index (κ1) is 59.7. The van der Waals surface area contributed by atoms with Crippen LogP contribution in [0.3, 0.4) is 0 Å². The highest BCUT2D eigenvalue weighted by Gasteiger charge is 2.41. The summed E-state index contributed by atoms with van der Waals surface area (Å²) in [6.07, 6.45) is 11.2. The Morgan fingerprint density at radius 2 is 0.875 bits per heavy atom. The first-order chi connectivity index (χ1) is 38.9. The summed E-state index contributed by atoms with van der Waals surface area (Å²) in [5.41, 5.74) is 5.06. The molecule has 2 saturated heterocycles. The minimum absolute atomic E-state index is 0.0547. The van der Waals surface area contributed by atoms with Gasteiger partial charge in [0.2, 0.25) is 23.6 Å². The highest BCUT2D eigenvalue weighted by molar-refractivity contribution is 5.96. The Kier molecular flexibility index (Phi) is 22.3. The van der Waals surface area contributed by atoms with Gasteiger partial charge in [0.05, 0.1) is 24.2 Å². The van der Waals surface area contributed by atoms with Crippen LogP contribution in [0.4, 0.5) is 0 Å². The van der Waals surface area contributed by atoms with Crippen molar-refractivity contribution in [3.05, 3.63) is 131 Å². The second-order valence-electron chi connectivity index (χ2n) is 22.7. The van der Waals surface area contributed by atoms with Crippen molar-refractivity contribution in [2.45, 2.75) is 127 Å². The number of carbonyl (C=O) groups is 6. The van der Waals surface area contributed by atoms with E-state index in [1.54, 1.807) is 27.9 Å². The van der Waals surface area contributed by atoms with Crippen molar-refractivity contribution in [1.82, 2.24) is 51.5 Å². The minimum Gasteiger partial charge on any atom is -0.343 e. The van der Waals surface area contributed by atoms with Crippen LogP contribution in [0.1, 0.15) is 110 Å². The Labute approximate surface area is 474 Å². The largest absolute Gasteiger partial charge is 0.343 e. The Bertz CT molecular complexity index is 2450. The lowest BCUT2D eigenvalue weighted by Crippen LogP contribution is -2.63. The average Bonchev–Trinajstić information content (AvgIpc) is 3.55. The maximum atomic E-state index is 14.8. The number of amides is 6. The fourth-order valence-electron chi connectivity index (χ4n) is 12.2. The topological polar surface area (TPSA) is 188 Å². The highest BCUT2D eigenvalue weighted by Crippen LogP contribution is 2.31. The highest BCUT2D eigenvalue weighted by atomic mass is 16.2. The van der Waals surface area contributed by atoms with Crippen LogP contribution >= 0.6 is 0 Å². The molecule has 2 aliphatic carbocycles. The molecule has 4 fully saturated rings. The molecule has 0 unspecified atom stereocenters. The normalized spacial score (nSPS) is 19.7. The SMILES string of the molecule is CN[C@@H](C)C(=O)N[C@H](C(=O)N1CCNC[C@H]1CN(CCc1ccccc1)C(=O)c1ccc(-c2ccc(C(=O)N(CCc3ccccc3)C[C@@H]3CNCCN3C(=O)[C@@H](NC(=O)[C@H](C)NC)C3CCCCC3)cc2)cc1)C1CCCCC1. The molecule has 6 atom stereocenters. The lowest BCUT2D eigenvalue weighted by molar-refractivity contribution is -0.142. The van der Waals surface area contributed by atoms with Gasteiger partial charge in [-0.2, -0.15) is 0 Å². The number of rotatable bonds is 23. The Morgan fingerprint density at radius 3 is 1.23 bits per heavy atom. The lowest BCUT2D eigenvalue weighted by Gasteiger charge is -2.42. The summed E-state index contributed by atoms with van der Waals surface area (Å²) < 4.78 is 0. The van der Waals surface area contributed by atoms with Crippen molar-refractivity contribution in [2.24, 2.45) is 11.8 Å². The summed E-state index contributed by atoms with van der Waals surface area (Å²) in [5.74, 6) is -0.683. The molecular formula is C64H88N10O6. The van der Waals surface area contributed by atoms with E-state index in [9.17, 15) is 28.8 Å². The molecule has 8 rings (SSSR count). The zero-order chi connectivity index (χ0) is 56.4. The van der Waals surface area contributed by atoms with Crippen LogP contribution in [0, 0.1) is 11.8 Å². The smallest absolute Gasteiger partial charge is 0.253 e. The molecule has 6 amide bonds. The molecule has 6 N–H and O–H groups in total. The third-order valence-corrected chi connectivity index (χ3v) is 17.3. The number of benzene rings is 4. The van der Waals surface area contributed by atoms with E-state index in [4.69, 9.17) is 0 Å². The summed E-state index contributed by atoms with van der Waals surface area (Å²) in [7, 11) is 3.49. The van der Waals surface area contributed by atoms with Crippen molar-refractivity contribution < 1.29 is 28.8 Å². The van der Waals surface area contributed by atoms with Gasteiger partial charge in [0.15, 0.2) is 0 Å². The fraction of sp³-hybridized carbons (Fsp3) is 0.531. The minimum atomic E-state index is -0.632. The average molecular weight is 1090 g/mol. The number of nitrogens with one attached hydrogen (secondary N) is 6. The zero-order valence-corrected chi connectivity index (χ0v) is 47.8. The molecule has 4 aromatic rings. The van der Waals surface area contributed by atoms with Gasteiger partial charge >= 0.3 is 0 Å². The third-order valence-electron chi connectivity index (χ3n) is 17.3. The molecule has 80 heavy (non-hydrogen) atoms. The Balaban J connectivity index is 0.985. The van der Waals surface area contributed by atoms with Crippen molar-refractivity contribution in [1.29, 1.82) is 0 Å². The van der Waals surface area contributed by atoms with E-state index in [-0.39, 0.29) is 59.4 Å². The van der Waals surface area contributed by atoms with Crippen LogP contribution < -0.4 is 31.9 Å². The molecule has 16 nitrogen and oxygen atoms in total. The summed E-state index contributed by atoms with van der Waals surface area (Å²) >= 11 is 0. The van der Waals surface area contributed by atoms with E-state index in [0.29, 0.717) is 89.4 Å². The van der Waals surface area contributed by atoms with E-state index in [2.05, 4.69) is 56.2 Å². The van der Waals surface area contributed by atoms with Gasteiger partial charge in [-0.3, -0.25) is 28.8 Å². The van der Waals surface area contributed by atoms with E-state index >= 15 is 0 Å². The van der Waals surface area contributed by atoms with Crippen LogP contribution in [-0.2, 0) is 32.0 Å². The number of nitrogens with zero attached hydrogens (tertiary/aromatic N) is 4. The molecular weight excluding hydrogens is 1000 g/mol. The molecule has 0 bridgehead atoms. The second-order valence-corrected chi connectivity index (χ2v) is 22.7. The summed E-state index contributed by atoms with van der Waals surface area (Å²) in [6, 6.07) is 32.7. The first-order valence-corrected chi connectivity index (χ1v) is 29.8. The molecule has 4 aromatic carbocycles. The maximum Gasteiger partial charge on any atom is 0.253 e. The van der Waals surface area contributed by atoms with Gasteiger partial charge in [0, 0.05) is 76.6 Å². The zero-order valence-electron chi connectivity index (χ0n) is 47.8. The van der Waals surface area contributed by atoms with Crippen molar-refractivity contribution in [3.8, 4) is 11.1 Å². The number of carbonyl (C=O) groups excluding carboxylic acids is 6.